The first-order chi connectivity index (χ1) is 15.9. The van der Waals surface area contributed by atoms with E-state index in [1.165, 1.54) is 6.33 Å². The third kappa shape index (κ3) is 5.54. The lowest BCUT2D eigenvalue weighted by Gasteiger charge is -2.41. The lowest BCUT2D eigenvalue weighted by molar-refractivity contribution is -0.000135. The van der Waals surface area contributed by atoms with E-state index >= 15 is 0 Å². The molecule has 1 aromatic carbocycles. The Hall–Kier alpha value is -2.91. The van der Waals surface area contributed by atoms with Crippen molar-refractivity contribution in [1.82, 2.24) is 19.8 Å². The molecule has 33 heavy (non-hydrogen) atoms. The van der Waals surface area contributed by atoms with Crippen LogP contribution in [0.2, 0.25) is 0 Å². The van der Waals surface area contributed by atoms with Crippen molar-refractivity contribution < 1.29 is 9.90 Å². The largest absolute Gasteiger partial charge is 0.386 e. The number of hydrogen-bond donors (Lipinski definition) is 2. The number of piperazine rings is 1. The maximum atomic E-state index is 13.1. The maximum Gasteiger partial charge on any atom is 0.253 e. The van der Waals surface area contributed by atoms with Crippen LogP contribution in [0.4, 0.5) is 17.3 Å². The number of rotatable bonds is 6. The van der Waals surface area contributed by atoms with Gasteiger partial charge in [-0.25, -0.2) is 9.97 Å². The molecule has 2 N–H and O–H groups in total. The first-order valence-electron chi connectivity index (χ1n) is 11.6. The minimum absolute atomic E-state index is 0.0787. The number of nitrogens with one attached hydrogen (secondary N) is 1. The highest BCUT2D eigenvalue weighted by molar-refractivity contribution is 5.94. The Morgan fingerprint density at radius 2 is 1.85 bits per heavy atom. The van der Waals surface area contributed by atoms with E-state index in [2.05, 4.69) is 37.0 Å². The molecular weight excluding hydrogens is 418 g/mol. The van der Waals surface area contributed by atoms with Gasteiger partial charge in [0.05, 0.1) is 12.1 Å². The van der Waals surface area contributed by atoms with Crippen molar-refractivity contribution in [2.45, 2.75) is 18.4 Å². The van der Waals surface area contributed by atoms with Gasteiger partial charge in [0.1, 0.15) is 18.0 Å². The topological polar surface area (TPSA) is 88.1 Å². The van der Waals surface area contributed by atoms with Gasteiger partial charge in [-0.05, 0) is 44.2 Å². The normalized spacial score (nSPS) is 21.7. The number of amides is 1. The number of benzene rings is 1. The molecule has 1 unspecified atom stereocenters. The summed E-state index contributed by atoms with van der Waals surface area (Å²) in [6.45, 7) is 5.59. The third-order valence-corrected chi connectivity index (χ3v) is 6.65. The highest BCUT2D eigenvalue weighted by Crippen LogP contribution is 2.27. The smallest absolute Gasteiger partial charge is 0.253 e. The van der Waals surface area contributed by atoms with E-state index in [4.69, 9.17) is 0 Å². The van der Waals surface area contributed by atoms with Crippen LogP contribution in [0.15, 0.2) is 36.7 Å². The number of aliphatic hydroxyl groups is 1. The van der Waals surface area contributed by atoms with Gasteiger partial charge < -0.3 is 30.0 Å². The van der Waals surface area contributed by atoms with Crippen LogP contribution in [0.3, 0.4) is 0 Å². The number of anilines is 3. The van der Waals surface area contributed by atoms with E-state index in [0.717, 1.165) is 56.5 Å². The van der Waals surface area contributed by atoms with Crippen LogP contribution in [-0.4, -0.2) is 103 Å². The molecule has 0 radical (unpaired) electrons. The summed E-state index contributed by atoms with van der Waals surface area (Å²) in [5.74, 6) is 1.44. The molecule has 1 aromatic heterocycles. The number of piperidine rings is 1. The van der Waals surface area contributed by atoms with Crippen molar-refractivity contribution in [3.63, 3.8) is 0 Å². The molecule has 0 bridgehead atoms. The molecule has 0 saturated carbocycles. The molecule has 3 heterocycles. The molecule has 1 atom stereocenters. The zero-order valence-electron chi connectivity index (χ0n) is 19.9. The average Bonchev–Trinajstić information content (AvgIpc) is 2.84. The third-order valence-electron chi connectivity index (χ3n) is 6.65. The lowest BCUT2D eigenvalue weighted by atomic mass is 9.92. The van der Waals surface area contributed by atoms with E-state index in [1.54, 1.807) is 11.9 Å². The molecule has 0 aliphatic carbocycles. The van der Waals surface area contributed by atoms with Gasteiger partial charge in [0, 0.05) is 70.7 Å². The van der Waals surface area contributed by atoms with E-state index in [9.17, 15) is 9.90 Å². The first kappa shape index (κ1) is 23.3. The van der Waals surface area contributed by atoms with E-state index < -0.39 is 5.60 Å². The van der Waals surface area contributed by atoms with Gasteiger partial charge in [-0.15, -0.1) is 0 Å². The van der Waals surface area contributed by atoms with Crippen LogP contribution in [0.25, 0.3) is 0 Å². The quantitative estimate of drug-likeness (QED) is 0.678. The summed E-state index contributed by atoms with van der Waals surface area (Å²) in [6.07, 6.45) is 3.00. The van der Waals surface area contributed by atoms with Crippen molar-refractivity contribution >= 4 is 23.2 Å². The van der Waals surface area contributed by atoms with Gasteiger partial charge in [0.25, 0.3) is 5.91 Å². The SMILES string of the molecule is CNc1cc(N2CCCC(O)(CN(C)C(=O)c3ccc(N4CCN(C)CC4)cc3)C2)ncn1. The van der Waals surface area contributed by atoms with Crippen LogP contribution in [0.1, 0.15) is 23.2 Å². The van der Waals surface area contributed by atoms with E-state index in [0.29, 0.717) is 18.5 Å². The molecule has 2 aliphatic rings. The first-order valence-corrected chi connectivity index (χ1v) is 11.6. The molecule has 2 aliphatic heterocycles. The Morgan fingerprint density at radius 1 is 1.12 bits per heavy atom. The van der Waals surface area contributed by atoms with Crippen LogP contribution >= 0.6 is 0 Å². The molecule has 1 amide bonds. The summed E-state index contributed by atoms with van der Waals surface area (Å²) in [5.41, 5.74) is 0.795. The summed E-state index contributed by atoms with van der Waals surface area (Å²) in [6, 6.07) is 9.71. The summed E-state index contributed by atoms with van der Waals surface area (Å²) in [4.78, 5) is 30.0. The Balaban J connectivity index is 1.38. The van der Waals surface area contributed by atoms with E-state index in [-0.39, 0.29) is 12.5 Å². The zero-order chi connectivity index (χ0) is 23.4. The van der Waals surface area contributed by atoms with Crippen LogP contribution < -0.4 is 15.1 Å². The summed E-state index contributed by atoms with van der Waals surface area (Å²) >= 11 is 0. The number of likely N-dealkylation sites (N-methyl/N-ethyl adjacent to an activating group) is 2. The van der Waals surface area contributed by atoms with Gasteiger partial charge in [-0.2, -0.15) is 0 Å². The Kier molecular flexibility index (Phi) is 6.99. The zero-order valence-corrected chi connectivity index (χ0v) is 19.9. The van der Waals surface area contributed by atoms with Crippen molar-refractivity contribution in [3.8, 4) is 0 Å². The van der Waals surface area contributed by atoms with Crippen LogP contribution in [-0.2, 0) is 0 Å². The van der Waals surface area contributed by atoms with Crippen molar-refractivity contribution in [2.75, 3.05) is 82.1 Å². The van der Waals surface area contributed by atoms with E-state index in [1.807, 2.05) is 37.4 Å². The lowest BCUT2D eigenvalue weighted by Crippen LogP contribution is -2.54. The Morgan fingerprint density at radius 3 is 2.55 bits per heavy atom. The maximum absolute atomic E-state index is 13.1. The second kappa shape index (κ2) is 9.93. The van der Waals surface area contributed by atoms with Gasteiger partial charge in [-0.3, -0.25) is 4.79 Å². The standard InChI is InChI=1S/C24H35N7O2/c1-25-21-15-22(27-18-26-21)31-10-4-9-24(33,17-31)16-29(3)23(32)19-5-7-20(8-6-19)30-13-11-28(2)12-14-30/h5-8,15,18,33H,4,9-14,16-17H2,1-3H3,(H,25,26,27). The fourth-order valence-corrected chi connectivity index (χ4v) is 4.71. The second-order valence-electron chi connectivity index (χ2n) is 9.26. The summed E-state index contributed by atoms with van der Waals surface area (Å²) in [5, 5.41) is 14.3. The van der Waals surface area contributed by atoms with Crippen LogP contribution in [0, 0.1) is 0 Å². The molecule has 4 rings (SSSR count). The number of nitrogens with zero attached hydrogens (tertiary/aromatic N) is 6. The number of carbonyl (C=O) groups excluding carboxylic acids is 1. The van der Waals surface area contributed by atoms with Crippen molar-refractivity contribution in [3.05, 3.63) is 42.2 Å². The molecule has 9 nitrogen and oxygen atoms in total. The minimum atomic E-state index is -0.993. The number of hydrogen-bond acceptors (Lipinski definition) is 8. The number of β-amino-alcohol motifs (C(OH)–C–C–N with tert-alkyl or cyclic N) is 1. The Bertz CT molecular complexity index is 946. The fourth-order valence-electron chi connectivity index (χ4n) is 4.71. The highest BCUT2D eigenvalue weighted by Gasteiger charge is 2.36. The Labute approximate surface area is 196 Å². The van der Waals surface area contributed by atoms with Crippen LogP contribution in [0.5, 0.6) is 0 Å². The van der Waals surface area contributed by atoms with Gasteiger partial charge >= 0.3 is 0 Å². The predicted molar refractivity (Wildman–Crippen MR) is 131 cm³/mol. The number of aromatic nitrogens is 2. The monoisotopic (exact) mass is 453 g/mol. The van der Waals surface area contributed by atoms with Crippen molar-refractivity contribution in [1.29, 1.82) is 0 Å². The number of carbonyl (C=O) groups is 1. The van der Waals surface area contributed by atoms with Gasteiger partial charge in [0.2, 0.25) is 0 Å². The molecule has 2 fully saturated rings. The summed E-state index contributed by atoms with van der Waals surface area (Å²) < 4.78 is 0. The second-order valence-corrected chi connectivity index (χ2v) is 9.26. The molecule has 0 spiro atoms. The summed E-state index contributed by atoms with van der Waals surface area (Å²) in [7, 11) is 5.72. The molecule has 2 saturated heterocycles. The minimum Gasteiger partial charge on any atom is -0.386 e. The molecule has 2 aromatic rings. The predicted octanol–water partition coefficient (Wildman–Crippen LogP) is 1.37. The average molecular weight is 454 g/mol. The molecule has 9 heteroatoms. The van der Waals surface area contributed by atoms with Crippen molar-refractivity contribution in [2.24, 2.45) is 0 Å². The molecular formula is C24H35N7O2. The highest BCUT2D eigenvalue weighted by atomic mass is 16.3. The fraction of sp³-hybridized carbons (Fsp3) is 0.542. The molecule has 178 valence electrons. The van der Waals surface area contributed by atoms with Gasteiger partial charge in [-0.1, -0.05) is 0 Å². The van der Waals surface area contributed by atoms with Gasteiger partial charge in [0.15, 0.2) is 0 Å².